The van der Waals surface area contributed by atoms with E-state index in [2.05, 4.69) is 10.4 Å². The molecule has 102 valence electrons. The number of alkyl halides is 3. The molecular weight excluding hydrogens is 243 g/mol. The Kier molecular flexibility index (Phi) is 5.55. The van der Waals surface area contributed by atoms with Gasteiger partial charge in [0.05, 0.1) is 11.7 Å². The van der Waals surface area contributed by atoms with Crippen molar-refractivity contribution in [1.29, 1.82) is 0 Å². The highest BCUT2D eigenvalue weighted by Crippen LogP contribution is 2.26. The van der Waals surface area contributed by atoms with Gasteiger partial charge in [0.1, 0.15) is 0 Å². The van der Waals surface area contributed by atoms with Crippen LogP contribution in [0.1, 0.15) is 43.5 Å². The zero-order chi connectivity index (χ0) is 13.6. The van der Waals surface area contributed by atoms with Crippen LogP contribution in [0.15, 0.2) is 18.3 Å². The van der Waals surface area contributed by atoms with Gasteiger partial charge in [0.25, 0.3) is 0 Å². The Balaban J connectivity index is 2.65. The van der Waals surface area contributed by atoms with Crippen molar-refractivity contribution >= 4 is 0 Å². The van der Waals surface area contributed by atoms with Crippen molar-refractivity contribution in [1.82, 2.24) is 10.4 Å². The molecule has 0 bridgehead atoms. The molecular formula is C12H18F3N3. The number of hydrazine groups is 1. The molecule has 0 aliphatic carbocycles. The summed E-state index contributed by atoms with van der Waals surface area (Å²) >= 11 is 0. The van der Waals surface area contributed by atoms with Crippen LogP contribution < -0.4 is 11.3 Å². The van der Waals surface area contributed by atoms with Gasteiger partial charge >= 0.3 is 6.18 Å². The number of nitrogens with zero attached hydrogens (tertiary/aromatic N) is 1. The Morgan fingerprint density at radius 1 is 1.44 bits per heavy atom. The van der Waals surface area contributed by atoms with Gasteiger partial charge < -0.3 is 0 Å². The van der Waals surface area contributed by atoms with Crippen LogP contribution in [0.5, 0.6) is 0 Å². The van der Waals surface area contributed by atoms with Crippen LogP contribution in [-0.4, -0.2) is 11.2 Å². The van der Waals surface area contributed by atoms with Gasteiger partial charge in [-0.3, -0.25) is 16.3 Å². The molecule has 3 nitrogen and oxygen atoms in total. The molecule has 0 fully saturated rings. The fraction of sp³-hybridized carbons (Fsp3) is 0.583. The fourth-order valence-corrected chi connectivity index (χ4v) is 1.87. The normalized spacial score (nSPS) is 13.6. The molecule has 0 spiro atoms. The van der Waals surface area contributed by atoms with Crippen molar-refractivity contribution in [3.63, 3.8) is 0 Å². The minimum Gasteiger partial charge on any atom is -0.271 e. The summed E-state index contributed by atoms with van der Waals surface area (Å²) in [4.78, 5) is 4.21. The zero-order valence-corrected chi connectivity index (χ0v) is 10.3. The summed E-state index contributed by atoms with van der Waals surface area (Å²) in [7, 11) is 0. The first-order valence-electron chi connectivity index (χ1n) is 5.94. The molecule has 1 rings (SSSR count). The van der Waals surface area contributed by atoms with E-state index >= 15 is 0 Å². The molecule has 3 N–H and O–H groups in total. The molecule has 0 amide bonds. The van der Waals surface area contributed by atoms with Gasteiger partial charge in [-0.05, 0) is 30.9 Å². The number of hydrogen-bond donors (Lipinski definition) is 2. The summed E-state index contributed by atoms with van der Waals surface area (Å²) in [6, 6.07) is 3.39. The van der Waals surface area contributed by atoms with Crippen molar-refractivity contribution < 1.29 is 13.2 Å². The van der Waals surface area contributed by atoms with Gasteiger partial charge in [0.15, 0.2) is 0 Å². The van der Waals surface area contributed by atoms with Crippen LogP contribution in [0.3, 0.4) is 0 Å². The molecule has 0 aliphatic heterocycles. The van der Waals surface area contributed by atoms with Gasteiger partial charge in [-0.2, -0.15) is 13.2 Å². The van der Waals surface area contributed by atoms with E-state index in [1.807, 2.05) is 19.1 Å². The number of halogens is 3. The third-order valence-electron chi connectivity index (χ3n) is 2.79. The Hall–Kier alpha value is -1.14. The molecule has 1 unspecified atom stereocenters. The summed E-state index contributed by atoms with van der Waals surface area (Å²) in [6.07, 6.45) is -2.14. The van der Waals surface area contributed by atoms with Crippen molar-refractivity contribution in [3.05, 3.63) is 29.6 Å². The highest BCUT2D eigenvalue weighted by molar-refractivity contribution is 5.22. The van der Waals surface area contributed by atoms with E-state index in [9.17, 15) is 13.2 Å². The molecule has 1 aromatic heterocycles. The first kappa shape index (κ1) is 14.9. The highest BCUT2D eigenvalue weighted by atomic mass is 19.4. The lowest BCUT2D eigenvalue weighted by atomic mass is 10.0. The molecule has 0 aliphatic rings. The average Bonchev–Trinajstić information content (AvgIpc) is 2.33. The van der Waals surface area contributed by atoms with Crippen molar-refractivity contribution in [2.45, 2.75) is 44.8 Å². The quantitative estimate of drug-likeness (QED) is 0.611. The summed E-state index contributed by atoms with van der Waals surface area (Å²) in [5, 5.41) is 0. The standard InChI is InChI=1S/C12H18F3N3/c1-2-9-5-4-8-17-11(9)10(18-16)6-3-7-12(13,14)15/h4-5,8,10,18H,2-3,6-7,16H2,1H3. The Morgan fingerprint density at radius 3 is 2.72 bits per heavy atom. The zero-order valence-electron chi connectivity index (χ0n) is 10.3. The molecule has 1 aromatic rings. The topological polar surface area (TPSA) is 50.9 Å². The van der Waals surface area contributed by atoms with Gasteiger partial charge in [-0.25, -0.2) is 0 Å². The van der Waals surface area contributed by atoms with E-state index in [0.29, 0.717) is 6.42 Å². The van der Waals surface area contributed by atoms with E-state index in [0.717, 1.165) is 17.7 Å². The average molecular weight is 261 g/mol. The van der Waals surface area contributed by atoms with Crippen LogP contribution in [0.2, 0.25) is 0 Å². The third-order valence-corrected chi connectivity index (χ3v) is 2.79. The SMILES string of the molecule is CCc1cccnc1C(CCCC(F)(F)F)NN. The minimum absolute atomic E-state index is 0.0398. The van der Waals surface area contributed by atoms with Crippen molar-refractivity contribution in [2.24, 2.45) is 5.84 Å². The minimum atomic E-state index is -4.11. The Bertz CT molecular complexity index is 366. The lowest BCUT2D eigenvalue weighted by Gasteiger charge is -2.18. The van der Waals surface area contributed by atoms with E-state index in [1.54, 1.807) is 6.20 Å². The van der Waals surface area contributed by atoms with Crippen LogP contribution >= 0.6 is 0 Å². The first-order valence-corrected chi connectivity index (χ1v) is 5.94. The number of pyridine rings is 1. The van der Waals surface area contributed by atoms with Crippen molar-refractivity contribution in [2.75, 3.05) is 0 Å². The fourth-order valence-electron chi connectivity index (χ4n) is 1.87. The number of nitrogens with two attached hydrogens (primary N) is 1. The maximum absolute atomic E-state index is 12.1. The van der Waals surface area contributed by atoms with Crippen molar-refractivity contribution in [3.8, 4) is 0 Å². The lowest BCUT2D eigenvalue weighted by Crippen LogP contribution is -2.29. The first-order chi connectivity index (χ1) is 8.48. The summed E-state index contributed by atoms with van der Waals surface area (Å²) in [5.74, 6) is 5.41. The number of hydrogen-bond acceptors (Lipinski definition) is 3. The summed E-state index contributed by atoms with van der Waals surface area (Å²) in [5.41, 5.74) is 4.30. The maximum atomic E-state index is 12.1. The van der Waals surface area contributed by atoms with Crippen LogP contribution in [0.25, 0.3) is 0 Å². The Labute approximate surface area is 105 Å². The Morgan fingerprint density at radius 2 is 2.17 bits per heavy atom. The van der Waals surface area contributed by atoms with E-state index in [1.165, 1.54) is 0 Å². The predicted molar refractivity (Wildman–Crippen MR) is 63.6 cm³/mol. The molecule has 0 saturated carbocycles. The van der Waals surface area contributed by atoms with Gasteiger partial charge in [0, 0.05) is 12.6 Å². The number of rotatable bonds is 6. The molecule has 1 heterocycles. The third kappa shape index (κ3) is 4.62. The van der Waals surface area contributed by atoms with E-state index in [4.69, 9.17) is 5.84 Å². The number of nitrogens with one attached hydrogen (secondary N) is 1. The molecule has 1 atom stereocenters. The molecule has 0 radical (unpaired) electrons. The predicted octanol–water partition coefficient (Wildman–Crippen LogP) is 2.88. The largest absolute Gasteiger partial charge is 0.389 e. The lowest BCUT2D eigenvalue weighted by molar-refractivity contribution is -0.135. The van der Waals surface area contributed by atoms with Crippen LogP contribution in [0, 0.1) is 0 Å². The van der Waals surface area contributed by atoms with Crippen LogP contribution in [0.4, 0.5) is 13.2 Å². The second-order valence-corrected chi connectivity index (χ2v) is 4.13. The smallest absolute Gasteiger partial charge is 0.271 e. The molecule has 6 heteroatoms. The summed E-state index contributed by atoms with van der Waals surface area (Å²) in [6.45, 7) is 1.98. The van der Waals surface area contributed by atoms with Gasteiger partial charge in [-0.15, -0.1) is 0 Å². The molecule has 0 saturated heterocycles. The number of aryl methyl sites for hydroxylation is 1. The van der Waals surface area contributed by atoms with Crippen LogP contribution in [-0.2, 0) is 6.42 Å². The molecule has 18 heavy (non-hydrogen) atoms. The van der Waals surface area contributed by atoms with Gasteiger partial charge in [-0.1, -0.05) is 13.0 Å². The monoisotopic (exact) mass is 261 g/mol. The maximum Gasteiger partial charge on any atom is 0.389 e. The van der Waals surface area contributed by atoms with E-state index < -0.39 is 12.6 Å². The second kappa shape index (κ2) is 6.70. The summed E-state index contributed by atoms with van der Waals surface area (Å²) < 4.78 is 36.3. The number of aromatic nitrogens is 1. The second-order valence-electron chi connectivity index (χ2n) is 4.13. The molecule has 0 aromatic carbocycles. The van der Waals surface area contributed by atoms with E-state index in [-0.39, 0.29) is 12.5 Å². The highest BCUT2D eigenvalue weighted by Gasteiger charge is 2.27. The van der Waals surface area contributed by atoms with Gasteiger partial charge in [0.2, 0.25) is 0 Å².